The Morgan fingerprint density at radius 2 is 1.75 bits per heavy atom. The quantitative estimate of drug-likeness (QED) is 0.461. The number of primary amides is 1. The molecule has 6 N–H and O–H groups in total. The highest BCUT2D eigenvalue weighted by atomic mass is 16.2. The average molecular weight is 381 g/mol. The van der Waals surface area contributed by atoms with E-state index in [2.05, 4.69) is 20.9 Å². The number of aryl methyl sites for hydroxylation is 1. The summed E-state index contributed by atoms with van der Waals surface area (Å²) in [5.74, 6) is -1.08. The molecule has 28 heavy (non-hydrogen) atoms. The lowest BCUT2D eigenvalue weighted by molar-refractivity contribution is 0.0948. The molecule has 0 saturated carbocycles. The van der Waals surface area contributed by atoms with Crippen LogP contribution >= 0.6 is 0 Å². The summed E-state index contributed by atoms with van der Waals surface area (Å²) in [4.78, 5) is 37.8. The molecule has 1 aromatic heterocycles. The summed E-state index contributed by atoms with van der Waals surface area (Å²) in [5, 5.41) is 8.82. The van der Waals surface area contributed by atoms with E-state index in [1.807, 2.05) is 18.2 Å². The number of benzene rings is 1. The fourth-order valence-electron chi connectivity index (χ4n) is 2.94. The number of H-pyrrole nitrogens is 1. The van der Waals surface area contributed by atoms with Crippen LogP contribution in [0.15, 0.2) is 42.6 Å². The van der Waals surface area contributed by atoms with Gasteiger partial charge in [-0.3, -0.25) is 14.4 Å². The molecular formula is C20H23N5O3. The number of fused-ring (bicyclic) bond motifs is 1. The lowest BCUT2D eigenvalue weighted by atomic mass is 10.0. The summed E-state index contributed by atoms with van der Waals surface area (Å²) in [7, 11) is 0. The minimum absolute atomic E-state index is 0.143. The second-order valence-corrected chi connectivity index (χ2v) is 6.46. The second-order valence-electron chi connectivity index (χ2n) is 6.46. The average Bonchev–Trinajstić information content (AvgIpc) is 3.20. The van der Waals surface area contributed by atoms with Gasteiger partial charge in [-0.2, -0.15) is 0 Å². The van der Waals surface area contributed by atoms with E-state index in [0.717, 1.165) is 25.1 Å². The molecule has 146 valence electrons. The van der Waals surface area contributed by atoms with Crippen LogP contribution in [0.1, 0.15) is 43.2 Å². The highest BCUT2D eigenvalue weighted by molar-refractivity contribution is 5.98. The molecule has 2 heterocycles. The Kier molecular flexibility index (Phi) is 6.11. The first-order valence-corrected chi connectivity index (χ1v) is 9.11. The third-order valence-corrected chi connectivity index (χ3v) is 4.45. The van der Waals surface area contributed by atoms with Crippen molar-refractivity contribution in [3.05, 3.63) is 65.0 Å². The van der Waals surface area contributed by atoms with Gasteiger partial charge in [-0.05, 0) is 36.6 Å². The van der Waals surface area contributed by atoms with Gasteiger partial charge >= 0.3 is 0 Å². The van der Waals surface area contributed by atoms with Gasteiger partial charge in [0.15, 0.2) is 0 Å². The highest BCUT2D eigenvalue weighted by Gasteiger charge is 2.12. The Morgan fingerprint density at radius 1 is 1.04 bits per heavy atom. The lowest BCUT2D eigenvalue weighted by Gasteiger charge is -2.18. The lowest BCUT2D eigenvalue weighted by Crippen LogP contribution is -2.25. The summed E-state index contributed by atoms with van der Waals surface area (Å²) in [5.41, 5.74) is 8.53. The van der Waals surface area contributed by atoms with E-state index in [-0.39, 0.29) is 17.5 Å². The normalized spacial score (nSPS) is 12.9. The number of hydrogen-bond donors (Lipinski definition) is 5. The van der Waals surface area contributed by atoms with Gasteiger partial charge in [0.2, 0.25) is 0 Å². The summed E-state index contributed by atoms with van der Waals surface area (Å²) < 4.78 is 0. The zero-order valence-electron chi connectivity index (χ0n) is 15.4. The van der Waals surface area contributed by atoms with Crippen LogP contribution in [0.2, 0.25) is 0 Å². The van der Waals surface area contributed by atoms with Gasteiger partial charge in [-0.15, -0.1) is 0 Å². The van der Waals surface area contributed by atoms with Crippen molar-refractivity contribution in [3.8, 4) is 0 Å². The van der Waals surface area contributed by atoms with E-state index >= 15 is 0 Å². The van der Waals surface area contributed by atoms with Gasteiger partial charge in [0, 0.05) is 37.1 Å². The molecular weight excluding hydrogens is 358 g/mol. The van der Waals surface area contributed by atoms with E-state index in [4.69, 9.17) is 5.73 Å². The van der Waals surface area contributed by atoms with Crippen LogP contribution in [-0.4, -0.2) is 42.3 Å². The standard InChI is InChI=1S/C20H23N5O3/c21-18(26)17-11-15(12-25-17)20(28)24-8-2-1-7-23-19(27)14-6-5-13-4-3-9-22-16(13)10-14/h1-2,5-6,10-12,22,25H,3-4,7-9H2,(H2,21,26)(H,23,27)(H,24,28)/b2-1+. The first-order valence-electron chi connectivity index (χ1n) is 9.11. The van der Waals surface area contributed by atoms with Crippen molar-refractivity contribution in [1.82, 2.24) is 15.6 Å². The van der Waals surface area contributed by atoms with Gasteiger partial charge in [0.1, 0.15) is 5.69 Å². The van der Waals surface area contributed by atoms with Crippen molar-refractivity contribution in [2.75, 3.05) is 25.0 Å². The number of nitrogens with one attached hydrogen (secondary N) is 4. The van der Waals surface area contributed by atoms with E-state index in [9.17, 15) is 14.4 Å². The van der Waals surface area contributed by atoms with E-state index in [0.29, 0.717) is 24.2 Å². The second kappa shape index (κ2) is 8.90. The Balaban J connectivity index is 1.40. The topological polar surface area (TPSA) is 129 Å². The fraction of sp³-hybridized carbons (Fsp3) is 0.250. The monoisotopic (exact) mass is 381 g/mol. The molecule has 2 aromatic rings. The Hall–Kier alpha value is -3.55. The minimum atomic E-state index is -0.621. The fourth-order valence-corrected chi connectivity index (χ4v) is 2.94. The molecule has 3 amide bonds. The molecule has 0 atom stereocenters. The number of nitrogens with two attached hydrogens (primary N) is 1. The van der Waals surface area contributed by atoms with Crippen molar-refractivity contribution < 1.29 is 14.4 Å². The minimum Gasteiger partial charge on any atom is -0.385 e. The largest absolute Gasteiger partial charge is 0.385 e. The number of aromatic nitrogens is 1. The molecule has 3 rings (SSSR count). The SMILES string of the molecule is NC(=O)c1cc(C(=O)NC/C=C/CNC(=O)c2ccc3c(c2)NCCC3)c[nH]1. The van der Waals surface area contributed by atoms with Gasteiger partial charge in [0.25, 0.3) is 17.7 Å². The molecule has 8 nitrogen and oxygen atoms in total. The van der Waals surface area contributed by atoms with Crippen molar-refractivity contribution in [2.45, 2.75) is 12.8 Å². The van der Waals surface area contributed by atoms with E-state index in [1.54, 1.807) is 12.2 Å². The van der Waals surface area contributed by atoms with Crippen LogP contribution in [0.5, 0.6) is 0 Å². The zero-order chi connectivity index (χ0) is 19.9. The van der Waals surface area contributed by atoms with Crippen LogP contribution in [0, 0.1) is 0 Å². The first kappa shape index (κ1) is 19.2. The number of hydrogen-bond acceptors (Lipinski definition) is 4. The van der Waals surface area contributed by atoms with E-state index in [1.165, 1.54) is 17.8 Å². The van der Waals surface area contributed by atoms with Crippen LogP contribution in [-0.2, 0) is 6.42 Å². The number of rotatable bonds is 7. The number of carbonyl (C=O) groups excluding carboxylic acids is 3. The molecule has 0 unspecified atom stereocenters. The summed E-state index contributed by atoms with van der Waals surface area (Å²) in [6, 6.07) is 7.11. The maximum absolute atomic E-state index is 12.2. The summed E-state index contributed by atoms with van der Waals surface area (Å²) >= 11 is 0. The molecule has 8 heteroatoms. The van der Waals surface area contributed by atoms with Crippen molar-refractivity contribution in [1.29, 1.82) is 0 Å². The number of carbonyl (C=O) groups is 3. The maximum Gasteiger partial charge on any atom is 0.265 e. The summed E-state index contributed by atoms with van der Waals surface area (Å²) in [6.07, 6.45) is 7.07. The van der Waals surface area contributed by atoms with E-state index < -0.39 is 5.91 Å². The molecule has 0 spiro atoms. The first-order chi connectivity index (χ1) is 13.5. The third kappa shape index (κ3) is 4.79. The zero-order valence-corrected chi connectivity index (χ0v) is 15.4. The Labute approximate surface area is 162 Å². The Morgan fingerprint density at radius 3 is 2.43 bits per heavy atom. The Bertz CT molecular complexity index is 916. The van der Waals surface area contributed by atoms with Gasteiger partial charge in [0.05, 0.1) is 5.56 Å². The molecule has 0 aliphatic carbocycles. The molecule has 0 saturated heterocycles. The van der Waals surface area contributed by atoms with Crippen molar-refractivity contribution in [2.24, 2.45) is 5.73 Å². The number of aromatic amines is 1. The summed E-state index contributed by atoms with van der Waals surface area (Å²) in [6.45, 7) is 1.59. The molecule has 0 bridgehead atoms. The predicted octanol–water partition coefficient (Wildman–Crippen LogP) is 1.19. The maximum atomic E-state index is 12.2. The van der Waals surface area contributed by atoms with Crippen LogP contribution in [0.4, 0.5) is 5.69 Å². The number of amides is 3. The molecule has 1 aliphatic rings. The van der Waals surface area contributed by atoms with Crippen LogP contribution in [0.3, 0.4) is 0 Å². The number of anilines is 1. The smallest absolute Gasteiger partial charge is 0.265 e. The van der Waals surface area contributed by atoms with Crippen LogP contribution < -0.4 is 21.7 Å². The van der Waals surface area contributed by atoms with Crippen molar-refractivity contribution >= 4 is 23.4 Å². The van der Waals surface area contributed by atoms with Gasteiger partial charge < -0.3 is 26.7 Å². The van der Waals surface area contributed by atoms with Gasteiger partial charge in [-0.25, -0.2) is 0 Å². The molecule has 0 fully saturated rings. The molecule has 1 aromatic carbocycles. The van der Waals surface area contributed by atoms with Crippen LogP contribution in [0.25, 0.3) is 0 Å². The predicted molar refractivity (Wildman–Crippen MR) is 106 cm³/mol. The van der Waals surface area contributed by atoms with Crippen molar-refractivity contribution in [3.63, 3.8) is 0 Å². The van der Waals surface area contributed by atoms with Gasteiger partial charge in [-0.1, -0.05) is 18.2 Å². The third-order valence-electron chi connectivity index (χ3n) is 4.45. The highest BCUT2D eigenvalue weighted by Crippen LogP contribution is 2.22. The molecule has 0 radical (unpaired) electrons. The molecule has 1 aliphatic heterocycles.